The van der Waals surface area contributed by atoms with Crippen molar-refractivity contribution in [3.8, 4) is 0 Å². The number of thioether (sulfide) groups is 1. The summed E-state index contributed by atoms with van der Waals surface area (Å²) in [6, 6.07) is 7.22. The molecule has 3 N–H and O–H groups in total. The maximum absolute atomic E-state index is 14.7. The molecule has 2 aromatic rings. The number of amides is 6. The van der Waals surface area contributed by atoms with Crippen LogP contribution in [-0.2, 0) is 54.3 Å². The number of benzene rings is 1. The van der Waals surface area contributed by atoms with Crippen LogP contribution in [0.15, 0.2) is 35.7 Å². The number of likely N-dealkylation sites (N-methyl/N-ethyl adjacent to an activating group) is 1. The van der Waals surface area contributed by atoms with Crippen molar-refractivity contribution >= 4 is 76.3 Å². The molecule has 2 saturated heterocycles. The van der Waals surface area contributed by atoms with Gasteiger partial charge in [0, 0.05) is 70.6 Å². The molecule has 1 aromatic carbocycles. The Hall–Kier alpha value is -5.21. The Morgan fingerprint density at radius 2 is 1.69 bits per heavy atom. The van der Waals surface area contributed by atoms with E-state index in [4.69, 9.17) is 14.6 Å². The predicted octanol–water partition coefficient (Wildman–Crippen LogP) is 5.09. The molecule has 386 valence electrons. The number of aliphatic carboxylic acids is 1. The van der Waals surface area contributed by atoms with Gasteiger partial charge >= 0.3 is 11.9 Å². The molecule has 2 aliphatic heterocycles. The molecular formula is C50H72N6O12S2. The molecule has 2 fully saturated rings. The van der Waals surface area contributed by atoms with Gasteiger partial charge in [-0.15, -0.1) is 11.3 Å². The molecule has 3 unspecified atom stereocenters. The molecule has 18 nitrogen and oxygen atoms in total. The first-order valence-corrected chi connectivity index (χ1v) is 26.2. The summed E-state index contributed by atoms with van der Waals surface area (Å²) in [4.78, 5) is 127. The molecule has 3 heterocycles. The molecule has 2 aliphatic rings. The van der Waals surface area contributed by atoms with E-state index in [2.05, 4.69) is 15.6 Å². The molecule has 0 saturated carbocycles. The molecule has 20 heteroatoms. The van der Waals surface area contributed by atoms with Crippen LogP contribution < -0.4 is 10.6 Å². The van der Waals surface area contributed by atoms with Crippen LogP contribution in [0.3, 0.4) is 0 Å². The fraction of sp³-hybridized carbons (Fsp3) is 0.640. The Morgan fingerprint density at radius 1 is 1.01 bits per heavy atom. The number of imide groups is 1. The number of likely N-dealkylation sites (tertiary alicyclic amines) is 1. The van der Waals surface area contributed by atoms with Gasteiger partial charge in [0.2, 0.25) is 23.6 Å². The number of thiazole rings is 1. The quantitative estimate of drug-likeness (QED) is 0.0436. The molecule has 0 radical (unpaired) electrons. The molecule has 9 atom stereocenters. The topological polar surface area (TPSA) is 242 Å². The zero-order valence-electron chi connectivity index (χ0n) is 42.4. The van der Waals surface area contributed by atoms with Crippen LogP contribution in [-0.4, -0.2) is 146 Å². The lowest BCUT2D eigenvalue weighted by Crippen LogP contribution is -2.49. The van der Waals surface area contributed by atoms with Crippen LogP contribution in [0.5, 0.6) is 0 Å². The lowest BCUT2D eigenvalue weighted by atomic mass is 9.82. The van der Waals surface area contributed by atoms with Crippen molar-refractivity contribution in [1.82, 2.24) is 30.3 Å². The number of carbonyl (C=O) groups is 9. The van der Waals surface area contributed by atoms with E-state index in [9.17, 15) is 43.2 Å². The highest BCUT2D eigenvalue weighted by molar-refractivity contribution is 8.00. The fourth-order valence-electron chi connectivity index (χ4n) is 9.15. The molecule has 4 rings (SSSR count). The van der Waals surface area contributed by atoms with E-state index in [1.165, 1.54) is 40.8 Å². The molecule has 0 bridgehead atoms. The van der Waals surface area contributed by atoms with E-state index in [0.29, 0.717) is 24.3 Å². The van der Waals surface area contributed by atoms with E-state index in [-0.39, 0.29) is 96.8 Å². The minimum atomic E-state index is -1.39. The second-order valence-corrected chi connectivity index (χ2v) is 21.2. The standard InChI is InChI=1S/C50H72N6O12S2/c1-12-30(6)33(23-37(58)43(29(4)5)55(10)40(59)20-16-17-21-56-41(60)25-39(69-11)48(56)65)47(64)54(9)36(28(2)3)24-38(67-31(7)57)46-53-35(27-70-46)45(63)52-34(22-32-18-14-13-15-19-32)44-50(8,68-44)49(66)51-26-42(61)62/h13-15,18-19,27-30,33-34,36,38-39,43-44H,12,16-17,20-26H2,1-11H3,(H,51,66)(H,52,63)(H,61,62)/t30-,33-,34-,36+,38+,39?,43+,44?,50?/m0/s1. The van der Waals surface area contributed by atoms with Crippen molar-refractivity contribution < 1.29 is 57.7 Å². The van der Waals surface area contributed by atoms with Gasteiger partial charge in [0.05, 0.1) is 17.3 Å². The van der Waals surface area contributed by atoms with Gasteiger partial charge in [0.1, 0.15) is 23.4 Å². The molecule has 6 amide bonds. The average Bonchev–Trinajstić information content (AvgIpc) is 3.61. The summed E-state index contributed by atoms with van der Waals surface area (Å²) in [6.45, 7) is 13.9. The van der Waals surface area contributed by atoms with Crippen molar-refractivity contribution in [3.63, 3.8) is 0 Å². The van der Waals surface area contributed by atoms with Crippen LogP contribution in [0.25, 0.3) is 0 Å². The number of esters is 1. The summed E-state index contributed by atoms with van der Waals surface area (Å²) in [5, 5.41) is 15.9. The first kappa shape index (κ1) is 57.4. The molecule has 0 spiro atoms. The molecule has 70 heavy (non-hydrogen) atoms. The number of ether oxygens (including phenoxy) is 2. The minimum absolute atomic E-state index is 0.0244. The van der Waals surface area contributed by atoms with Gasteiger partial charge in [0.15, 0.2) is 17.5 Å². The summed E-state index contributed by atoms with van der Waals surface area (Å²) in [6.07, 6.45) is 2.12. The number of hydrogen-bond acceptors (Lipinski definition) is 14. The number of aromatic nitrogens is 1. The minimum Gasteiger partial charge on any atom is -0.480 e. The van der Waals surface area contributed by atoms with Crippen LogP contribution in [0.4, 0.5) is 0 Å². The molecule has 0 aliphatic carbocycles. The van der Waals surface area contributed by atoms with Crippen LogP contribution in [0.1, 0.15) is 127 Å². The first-order valence-electron chi connectivity index (χ1n) is 24.0. The van der Waals surface area contributed by atoms with Crippen molar-refractivity contribution in [3.05, 3.63) is 52.0 Å². The highest BCUT2D eigenvalue weighted by Crippen LogP contribution is 2.40. The molecular weight excluding hydrogens is 941 g/mol. The van der Waals surface area contributed by atoms with Gasteiger partial charge in [-0.05, 0) is 55.8 Å². The fourth-order valence-corrected chi connectivity index (χ4v) is 10.6. The number of ketones is 1. The van der Waals surface area contributed by atoms with Gasteiger partial charge in [0.25, 0.3) is 11.8 Å². The Labute approximate surface area is 419 Å². The summed E-state index contributed by atoms with van der Waals surface area (Å²) in [7, 11) is 3.26. The highest BCUT2D eigenvalue weighted by atomic mass is 32.2. The van der Waals surface area contributed by atoms with Gasteiger partial charge in [-0.2, -0.15) is 11.8 Å². The zero-order valence-corrected chi connectivity index (χ0v) is 44.0. The van der Waals surface area contributed by atoms with Crippen LogP contribution in [0.2, 0.25) is 0 Å². The Morgan fingerprint density at radius 3 is 2.26 bits per heavy atom. The maximum Gasteiger partial charge on any atom is 0.322 e. The number of unbranched alkanes of at least 4 members (excludes halogenated alkanes) is 1. The SMILES string of the molecule is CC[C@H](C)[C@H](CC(=O)[C@@H](C(C)C)N(C)C(=O)CCCCN1C(=O)CC(SC)C1=O)C(=O)N(C)[C@H](C[C@@H](OC(C)=O)c1nc(C(=O)N[C@@H](Cc2ccccc2)C2OC2(C)C(=O)NCC(=O)O)cs1)C(C)C. The molecule has 1 aromatic heterocycles. The number of epoxide rings is 1. The van der Waals surface area contributed by atoms with Crippen molar-refractivity contribution in [2.45, 2.75) is 148 Å². The van der Waals surface area contributed by atoms with Crippen molar-refractivity contribution in [2.75, 3.05) is 33.4 Å². The van der Waals surface area contributed by atoms with Gasteiger partial charge in [-0.1, -0.05) is 78.3 Å². The van der Waals surface area contributed by atoms with Gasteiger partial charge in [-0.25, -0.2) is 4.98 Å². The van der Waals surface area contributed by atoms with E-state index < -0.39 is 72.2 Å². The lowest BCUT2D eigenvalue weighted by molar-refractivity contribution is -0.150. The number of carboxylic acids is 1. The maximum atomic E-state index is 14.7. The lowest BCUT2D eigenvalue weighted by Gasteiger charge is -2.37. The number of hydrogen-bond donors (Lipinski definition) is 3. The predicted molar refractivity (Wildman–Crippen MR) is 264 cm³/mol. The van der Waals surface area contributed by atoms with E-state index in [1.54, 1.807) is 25.3 Å². The average molecular weight is 1010 g/mol. The number of carbonyl (C=O) groups excluding carboxylic acids is 8. The summed E-state index contributed by atoms with van der Waals surface area (Å²) in [5.41, 5.74) is -0.512. The Bertz CT molecular complexity index is 2200. The summed E-state index contributed by atoms with van der Waals surface area (Å²) < 4.78 is 11.7. The van der Waals surface area contributed by atoms with Crippen molar-refractivity contribution in [2.24, 2.45) is 23.7 Å². The third-order valence-electron chi connectivity index (χ3n) is 13.4. The van der Waals surface area contributed by atoms with Crippen LogP contribution in [0, 0.1) is 23.7 Å². The smallest absolute Gasteiger partial charge is 0.322 e. The third kappa shape index (κ3) is 14.9. The number of Topliss-reactive ketones (excluding diaryl/α,β-unsaturated/α-hetero) is 1. The third-order valence-corrected chi connectivity index (χ3v) is 15.3. The normalized spacial score (nSPS) is 20.3. The Kier molecular flexibility index (Phi) is 21.1. The van der Waals surface area contributed by atoms with Crippen LogP contribution >= 0.6 is 23.1 Å². The zero-order chi connectivity index (χ0) is 52.2. The summed E-state index contributed by atoms with van der Waals surface area (Å²) in [5.74, 6) is -5.56. The Balaban J connectivity index is 1.47. The highest BCUT2D eigenvalue weighted by Gasteiger charge is 2.62. The second kappa shape index (κ2) is 25.8. The monoisotopic (exact) mass is 1010 g/mol. The number of rotatable bonds is 28. The first-order chi connectivity index (χ1) is 32.9. The second-order valence-electron chi connectivity index (χ2n) is 19.3. The van der Waals surface area contributed by atoms with E-state index in [1.807, 2.05) is 71.9 Å². The van der Waals surface area contributed by atoms with Gasteiger partial charge < -0.3 is 35.0 Å². The van der Waals surface area contributed by atoms with E-state index in [0.717, 1.165) is 16.9 Å². The van der Waals surface area contributed by atoms with Crippen molar-refractivity contribution in [1.29, 1.82) is 0 Å². The number of nitrogens with zero attached hydrogens (tertiary/aromatic N) is 4. The largest absolute Gasteiger partial charge is 0.480 e. The number of carboxylic acid groups (broad SMARTS) is 1. The van der Waals surface area contributed by atoms with E-state index >= 15 is 0 Å². The number of nitrogens with one attached hydrogen (secondary N) is 2. The van der Waals surface area contributed by atoms with Gasteiger partial charge in [-0.3, -0.25) is 48.1 Å². The summed E-state index contributed by atoms with van der Waals surface area (Å²) >= 11 is 2.46.